The van der Waals surface area contributed by atoms with Crippen LogP contribution in [-0.4, -0.2) is 69.7 Å². The first-order chi connectivity index (χ1) is 20.3. The fourth-order valence-electron chi connectivity index (χ4n) is 5.92. The number of rotatable bonds is 5. The lowest BCUT2D eigenvalue weighted by Crippen LogP contribution is -2.43. The molecule has 0 spiro atoms. The minimum atomic E-state index is -1.10. The molecule has 1 N–H and O–H groups in total. The van der Waals surface area contributed by atoms with Crippen molar-refractivity contribution in [1.82, 2.24) is 33.6 Å². The normalized spacial score (nSPS) is 18.4. The van der Waals surface area contributed by atoms with Gasteiger partial charge in [0.05, 0.1) is 29.9 Å². The molecule has 7 rings (SSSR count). The van der Waals surface area contributed by atoms with Crippen LogP contribution in [0.5, 0.6) is 5.75 Å². The van der Waals surface area contributed by atoms with Gasteiger partial charge in [-0.3, -0.25) is 18.5 Å². The zero-order valence-corrected chi connectivity index (χ0v) is 22.0. The molecule has 2 unspecified atom stereocenters. The Morgan fingerprint density at radius 2 is 1.95 bits per heavy atom. The molecule has 1 fully saturated rings. The molecule has 0 aliphatic carbocycles. The standard InChI is InChI=1S/C28H23F2N7O5/c29-15-6-7-18-21(11-15)36(14-32-18)27-31-12-22-25(33-27)37(19-8-10-42-24-16(19)3-1-4-17(24)30)28(41)35(22)13-23(38)34-9-2-5-20(34)26(39)40/h1,3-4,6-7,11-12,14,19-20H,2,5,8-10,13H2,(H,39,40). The van der Waals surface area contributed by atoms with Gasteiger partial charge in [0.2, 0.25) is 11.9 Å². The highest BCUT2D eigenvalue weighted by molar-refractivity contribution is 5.85. The van der Waals surface area contributed by atoms with Gasteiger partial charge in [0.25, 0.3) is 0 Å². The summed E-state index contributed by atoms with van der Waals surface area (Å²) in [6.07, 6.45) is 4.00. The van der Waals surface area contributed by atoms with Crippen molar-refractivity contribution in [2.75, 3.05) is 13.2 Å². The number of benzene rings is 2. The number of amides is 1. The first-order valence-electron chi connectivity index (χ1n) is 13.4. The van der Waals surface area contributed by atoms with Crippen molar-refractivity contribution >= 4 is 34.1 Å². The number of fused-ring (bicyclic) bond motifs is 3. The van der Waals surface area contributed by atoms with E-state index in [0.717, 1.165) is 0 Å². The minimum absolute atomic E-state index is 0.0318. The van der Waals surface area contributed by atoms with E-state index in [4.69, 9.17) is 4.74 Å². The number of para-hydroxylation sites is 1. The van der Waals surface area contributed by atoms with Crippen LogP contribution in [-0.2, 0) is 16.1 Å². The largest absolute Gasteiger partial charge is 0.490 e. The number of ether oxygens (including phenoxy) is 1. The molecule has 1 amide bonds. The Morgan fingerprint density at radius 3 is 2.79 bits per heavy atom. The number of carboxylic acids is 1. The Balaban J connectivity index is 1.41. The number of hydrogen-bond acceptors (Lipinski definition) is 7. The van der Waals surface area contributed by atoms with Crippen LogP contribution in [0.1, 0.15) is 30.9 Å². The Labute approximate surface area is 235 Å². The molecule has 0 radical (unpaired) electrons. The second-order valence-corrected chi connectivity index (χ2v) is 10.3. The Morgan fingerprint density at radius 1 is 1.10 bits per heavy atom. The van der Waals surface area contributed by atoms with Crippen molar-refractivity contribution < 1.29 is 28.2 Å². The van der Waals surface area contributed by atoms with E-state index < -0.39 is 47.8 Å². The SMILES string of the molecule is O=C(O)C1CCCN1C(=O)Cn1c(=O)n(C2CCOc3c(F)cccc32)c2nc(-n3cnc4ccc(F)cc43)ncc21. The Bertz CT molecular complexity index is 1970. The third kappa shape index (κ3) is 4.01. The minimum Gasteiger partial charge on any atom is -0.490 e. The van der Waals surface area contributed by atoms with Crippen molar-refractivity contribution in [3.8, 4) is 11.7 Å². The maximum absolute atomic E-state index is 14.7. The number of nitrogens with zero attached hydrogens (tertiary/aromatic N) is 7. The van der Waals surface area contributed by atoms with Crippen LogP contribution in [0.3, 0.4) is 0 Å². The summed E-state index contributed by atoms with van der Waals surface area (Å²) in [6, 6.07) is 6.90. The maximum atomic E-state index is 14.7. The molecule has 1 saturated heterocycles. The Hall–Kier alpha value is -5.14. The van der Waals surface area contributed by atoms with Crippen molar-refractivity contribution in [3.63, 3.8) is 0 Å². The maximum Gasteiger partial charge on any atom is 0.331 e. The summed E-state index contributed by atoms with van der Waals surface area (Å²) in [5.74, 6) is -2.54. The van der Waals surface area contributed by atoms with Gasteiger partial charge in [0.1, 0.15) is 30.2 Å². The average Bonchev–Trinajstić information content (AvgIpc) is 3.70. The quantitative estimate of drug-likeness (QED) is 0.338. The molecule has 5 aromatic rings. The van der Waals surface area contributed by atoms with Gasteiger partial charge in [-0.05, 0) is 31.0 Å². The number of carbonyl (C=O) groups excluding carboxylic acids is 1. The Kier molecular flexibility index (Phi) is 5.99. The lowest BCUT2D eigenvalue weighted by Gasteiger charge is -2.26. The van der Waals surface area contributed by atoms with Crippen LogP contribution in [0.25, 0.3) is 28.1 Å². The van der Waals surface area contributed by atoms with Gasteiger partial charge in [0.15, 0.2) is 17.2 Å². The van der Waals surface area contributed by atoms with Gasteiger partial charge in [-0.25, -0.2) is 28.3 Å². The van der Waals surface area contributed by atoms with Crippen LogP contribution in [0, 0.1) is 11.6 Å². The molecule has 12 nitrogen and oxygen atoms in total. The highest BCUT2D eigenvalue weighted by atomic mass is 19.1. The fourth-order valence-corrected chi connectivity index (χ4v) is 5.92. The summed E-state index contributed by atoms with van der Waals surface area (Å²) in [4.78, 5) is 53.7. The molecule has 3 aromatic heterocycles. The van der Waals surface area contributed by atoms with Crippen LogP contribution < -0.4 is 10.4 Å². The van der Waals surface area contributed by atoms with Crippen molar-refractivity contribution in [1.29, 1.82) is 0 Å². The molecule has 2 aromatic carbocycles. The van der Waals surface area contributed by atoms with E-state index in [1.165, 1.54) is 61.5 Å². The number of carbonyl (C=O) groups is 2. The lowest BCUT2D eigenvalue weighted by atomic mass is 10.00. The molecular weight excluding hydrogens is 552 g/mol. The molecule has 2 aliphatic rings. The van der Waals surface area contributed by atoms with E-state index in [-0.39, 0.29) is 36.0 Å². The highest BCUT2D eigenvalue weighted by Gasteiger charge is 2.35. The number of imidazole rings is 2. The fraction of sp³-hybridized carbons (Fsp3) is 0.286. The molecule has 0 bridgehead atoms. The van der Waals surface area contributed by atoms with Gasteiger partial charge < -0.3 is 14.7 Å². The van der Waals surface area contributed by atoms with Crippen molar-refractivity contribution in [3.05, 3.63) is 76.6 Å². The third-order valence-corrected chi connectivity index (χ3v) is 7.88. The summed E-state index contributed by atoms with van der Waals surface area (Å²) in [6.45, 7) is -0.0396. The van der Waals surface area contributed by atoms with E-state index in [1.54, 1.807) is 6.07 Å². The number of likely N-dealkylation sites (tertiary alicyclic amines) is 1. The lowest BCUT2D eigenvalue weighted by molar-refractivity contribution is -0.148. The molecule has 14 heteroatoms. The van der Waals surface area contributed by atoms with Crippen molar-refractivity contribution in [2.45, 2.75) is 37.9 Å². The highest BCUT2D eigenvalue weighted by Crippen LogP contribution is 2.37. The number of carboxylic acid groups (broad SMARTS) is 1. The first kappa shape index (κ1) is 25.8. The smallest absolute Gasteiger partial charge is 0.331 e. The molecule has 2 atom stereocenters. The van der Waals surface area contributed by atoms with Crippen LogP contribution in [0.4, 0.5) is 8.78 Å². The number of hydrogen-bond donors (Lipinski definition) is 1. The van der Waals surface area contributed by atoms with Gasteiger partial charge in [-0.2, -0.15) is 4.98 Å². The summed E-state index contributed by atoms with van der Waals surface area (Å²) in [5, 5.41) is 9.57. The second-order valence-electron chi connectivity index (χ2n) is 10.3. The predicted molar refractivity (Wildman–Crippen MR) is 143 cm³/mol. The van der Waals surface area contributed by atoms with Crippen LogP contribution in [0.15, 0.2) is 53.7 Å². The summed E-state index contributed by atoms with van der Waals surface area (Å²) < 4.78 is 38.4. The zero-order valence-electron chi connectivity index (χ0n) is 22.0. The first-order valence-corrected chi connectivity index (χ1v) is 13.4. The van der Waals surface area contributed by atoms with Gasteiger partial charge in [-0.15, -0.1) is 0 Å². The number of halogens is 2. The average molecular weight is 576 g/mol. The third-order valence-electron chi connectivity index (χ3n) is 7.88. The van der Waals surface area contributed by atoms with Crippen LogP contribution in [0.2, 0.25) is 0 Å². The molecule has 2 aliphatic heterocycles. The summed E-state index contributed by atoms with van der Waals surface area (Å²) in [5.41, 5.74) is 1.14. The monoisotopic (exact) mass is 575 g/mol. The van der Waals surface area contributed by atoms with Gasteiger partial charge >= 0.3 is 11.7 Å². The van der Waals surface area contributed by atoms with E-state index >= 15 is 0 Å². The summed E-state index contributed by atoms with van der Waals surface area (Å²) in [7, 11) is 0. The summed E-state index contributed by atoms with van der Waals surface area (Å²) >= 11 is 0. The van der Waals surface area contributed by atoms with E-state index in [0.29, 0.717) is 35.9 Å². The second kappa shape index (κ2) is 9.75. The van der Waals surface area contributed by atoms with Gasteiger partial charge in [-0.1, -0.05) is 12.1 Å². The van der Waals surface area contributed by atoms with E-state index in [9.17, 15) is 28.3 Å². The molecule has 0 saturated carbocycles. The predicted octanol–water partition coefficient (Wildman–Crippen LogP) is 2.66. The molecular formula is C28H23F2N7O5. The molecule has 42 heavy (non-hydrogen) atoms. The van der Waals surface area contributed by atoms with Crippen molar-refractivity contribution in [2.24, 2.45) is 0 Å². The van der Waals surface area contributed by atoms with Crippen LogP contribution >= 0.6 is 0 Å². The molecule has 5 heterocycles. The topological polar surface area (TPSA) is 137 Å². The zero-order chi connectivity index (χ0) is 29.1. The van der Waals surface area contributed by atoms with E-state index in [2.05, 4.69) is 15.0 Å². The van der Waals surface area contributed by atoms with Gasteiger partial charge in [0, 0.05) is 24.6 Å². The molecule has 214 valence electrons. The number of aliphatic carboxylic acids is 1. The van der Waals surface area contributed by atoms with E-state index in [1.807, 2.05) is 0 Å². The number of aromatic nitrogens is 6.